The summed E-state index contributed by atoms with van der Waals surface area (Å²) in [7, 11) is 0. The van der Waals surface area contributed by atoms with Crippen molar-refractivity contribution in [2.24, 2.45) is 0 Å². The minimum atomic E-state index is -1.05. The van der Waals surface area contributed by atoms with Crippen LogP contribution in [0.5, 0.6) is 0 Å². The number of fused-ring (bicyclic) bond motifs is 1. The normalized spacial score (nSPS) is 12.4. The monoisotopic (exact) mass is 539 g/mol. The second-order valence-corrected chi connectivity index (χ2v) is 9.56. The molecule has 2 unspecified atom stereocenters. The smallest absolute Gasteiger partial charge is 0.254 e. The molecule has 2 aliphatic rings. The summed E-state index contributed by atoms with van der Waals surface area (Å²) in [5, 5.41) is 16.8. The Bertz CT molecular complexity index is 1480. The zero-order valence-electron chi connectivity index (χ0n) is 22.2. The molecule has 2 aromatic carbocycles. The third-order valence-electron chi connectivity index (χ3n) is 6.54. The van der Waals surface area contributed by atoms with Crippen LogP contribution < -0.4 is 10.6 Å². The Labute approximate surface area is 233 Å². The molecular weight excluding hydrogens is 508 g/mol. The van der Waals surface area contributed by atoms with Crippen LogP contribution in [-0.2, 0) is 19.4 Å². The summed E-state index contributed by atoms with van der Waals surface area (Å²) in [6.45, 7) is 2.74. The van der Waals surface area contributed by atoms with Gasteiger partial charge in [-0.2, -0.15) is 0 Å². The number of hydrogen-bond donors (Lipinski definition) is 3. The van der Waals surface area contributed by atoms with E-state index in [1.54, 1.807) is 6.07 Å². The zero-order valence-corrected chi connectivity index (χ0v) is 22.2. The molecule has 0 aliphatic heterocycles. The SMILES string of the molecule is C#Cc1ncccc1C(=O)NC(Cc1cc(F)cc(F)c1)C(O)CNCc1cccc(CC)c1.c1cc2cc-2c1. The summed E-state index contributed by atoms with van der Waals surface area (Å²) in [4.78, 5) is 16.9. The van der Waals surface area contributed by atoms with Gasteiger partial charge in [-0.1, -0.05) is 49.4 Å². The molecule has 2 atom stereocenters. The Morgan fingerprint density at radius 1 is 0.950 bits per heavy atom. The highest BCUT2D eigenvalue weighted by atomic mass is 19.1. The van der Waals surface area contributed by atoms with E-state index in [2.05, 4.69) is 58.8 Å². The number of halogens is 2. The van der Waals surface area contributed by atoms with Crippen molar-refractivity contribution in [1.29, 1.82) is 0 Å². The van der Waals surface area contributed by atoms with E-state index in [0.717, 1.165) is 18.1 Å². The first-order valence-electron chi connectivity index (χ1n) is 13.1. The number of aliphatic hydroxyl groups is 1. The first-order chi connectivity index (χ1) is 19.4. The highest BCUT2D eigenvalue weighted by molar-refractivity contribution is 5.96. The lowest BCUT2D eigenvalue weighted by molar-refractivity contribution is 0.0829. The van der Waals surface area contributed by atoms with Crippen LogP contribution in [0.15, 0.2) is 85.1 Å². The van der Waals surface area contributed by atoms with Gasteiger partial charge in [0.05, 0.1) is 17.7 Å². The van der Waals surface area contributed by atoms with Crippen molar-refractivity contribution in [3.63, 3.8) is 0 Å². The summed E-state index contributed by atoms with van der Waals surface area (Å²) >= 11 is 0. The van der Waals surface area contributed by atoms with Gasteiger partial charge in [-0.3, -0.25) is 4.79 Å². The van der Waals surface area contributed by atoms with Crippen molar-refractivity contribution in [3.05, 3.63) is 125 Å². The van der Waals surface area contributed by atoms with E-state index in [1.807, 2.05) is 18.2 Å². The third kappa shape index (κ3) is 8.06. The zero-order chi connectivity index (χ0) is 28.5. The van der Waals surface area contributed by atoms with Crippen LogP contribution in [0.4, 0.5) is 8.78 Å². The predicted octanol–water partition coefficient (Wildman–Crippen LogP) is 5.06. The van der Waals surface area contributed by atoms with Gasteiger partial charge < -0.3 is 15.7 Å². The number of terminal acetylenes is 1. The maximum atomic E-state index is 13.7. The molecule has 0 spiro atoms. The lowest BCUT2D eigenvalue weighted by Crippen LogP contribution is -2.48. The van der Waals surface area contributed by atoms with Crippen molar-refractivity contribution < 1.29 is 18.7 Å². The predicted molar refractivity (Wildman–Crippen MR) is 152 cm³/mol. The highest BCUT2D eigenvalue weighted by Crippen LogP contribution is 2.32. The third-order valence-corrected chi connectivity index (χ3v) is 6.54. The molecule has 1 aromatic heterocycles. The van der Waals surface area contributed by atoms with Gasteiger partial charge in [0, 0.05) is 25.4 Å². The number of nitrogens with one attached hydrogen (secondary N) is 2. The van der Waals surface area contributed by atoms with Gasteiger partial charge in [0.1, 0.15) is 17.3 Å². The standard InChI is InChI=1S/C27H27F2N3O2.C6H4/c1-3-18-7-5-8-19(11-18)16-30-17-26(33)25(14-20-12-21(28)15-22(29)13-20)32-27(34)23-9-6-10-31-24(23)4-2;1-2-5-4-6(5)3-1/h2,5-13,15,25-26,30,33H,3,14,16-17H2,1H3,(H,32,34);1-4H. The van der Waals surface area contributed by atoms with E-state index in [-0.39, 0.29) is 24.2 Å². The molecule has 3 N–H and O–H groups in total. The molecule has 1 heterocycles. The maximum absolute atomic E-state index is 13.7. The van der Waals surface area contributed by atoms with Gasteiger partial charge in [-0.25, -0.2) is 13.8 Å². The molecule has 0 radical (unpaired) electrons. The molecule has 5 nitrogen and oxygen atoms in total. The Balaban J connectivity index is 0.000000534. The topological polar surface area (TPSA) is 74.2 Å². The fourth-order valence-electron chi connectivity index (χ4n) is 4.36. The first-order valence-corrected chi connectivity index (χ1v) is 13.1. The van der Waals surface area contributed by atoms with Gasteiger partial charge in [0.15, 0.2) is 0 Å². The average molecular weight is 540 g/mol. The molecule has 204 valence electrons. The number of amides is 1. The van der Waals surface area contributed by atoms with E-state index in [1.165, 1.54) is 41.1 Å². The number of carbonyl (C=O) groups is 1. The minimum Gasteiger partial charge on any atom is -0.390 e. The van der Waals surface area contributed by atoms with Gasteiger partial charge in [0.2, 0.25) is 0 Å². The van der Waals surface area contributed by atoms with Gasteiger partial charge in [0.25, 0.3) is 5.91 Å². The molecule has 40 heavy (non-hydrogen) atoms. The van der Waals surface area contributed by atoms with Gasteiger partial charge in [-0.15, -0.1) is 6.42 Å². The van der Waals surface area contributed by atoms with Crippen LogP contribution in [0.3, 0.4) is 0 Å². The number of aryl methyl sites for hydroxylation is 1. The second-order valence-electron chi connectivity index (χ2n) is 9.56. The van der Waals surface area contributed by atoms with Crippen LogP contribution in [0.2, 0.25) is 0 Å². The van der Waals surface area contributed by atoms with Crippen molar-refractivity contribution in [1.82, 2.24) is 15.6 Å². The van der Waals surface area contributed by atoms with E-state index in [0.29, 0.717) is 12.1 Å². The summed E-state index contributed by atoms with van der Waals surface area (Å²) < 4.78 is 27.5. The van der Waals surface area contributed by atoms with Crippen LogP contribution >= 0.6 is 0 Å². The number of aromatic nitrogens is 1. The summed E-state index contributed by atoms with van der Waals surface area (Å²) in [6.07, 6.45) is 6.81. The van der Waals surface area contributed by atoms with Crippen molar-refractivity contribution in [2.45, 2.75) is 38.5 Å². The highest BCUT2D eigenvalue weighted by Gasteiger charge is 2.24. The molecule has 0 saturated heterocycles. The number of pyridine rings is 1. The van der Waals surface area contributed by atoms with Crippen molar-refractivity contribution in [3.8, 4) is 23.5 Å². The summed E-state index contributed by atoms with van der Waals surface area (Å²) in [6, 6.07) is 22.0. The molecule has 0 saturated carbocycles. The van der Waals surface area contributed by atoms with Crippen LogP contribution in [0.1, 0.15) is 39.7 Å². The molecule has 3 aromatic rings. The fourth-order valence-corrected chi connectivity index (χ4v) is 4.36. The second kappa shape index (κ2) is 13.6. The first kappa shape index (κ1) is 28.6. The number of nitrogens with zero attached hydrogens (tertiary/aromatic N) is 1. The van der Waals surface area contributed by atoms with Gasteiger partial charge >= 0.3 is 0 Å². The lowest BCUT2D eigenvalue weighted by Gasteiger charge is -2.25. The minimum absolute atomic E-state index is 0.0141. The van der Waals surface area contributed by atoms with E-state index in [4.69, 9.17) is 6.42 Å². The fraction of sp³-hybridized carbons (Fsp3) is 0.212. The molecule has 0 bridgehead atoms. The number of rotatable bonds is 10. The van der Waals surface area contributed by atoms with Crippen molar-refractivity contribution in [2.75, 3.05) is 6.54 Å². The number of hydrogen-bond acceptors (Lipinski definition) is 4. The van der Waals surface area contributed by atoms with Crippen LogP contribution in [0, 0.1) is 24.0 Å². The van der Waals surface area contributed by atoms with Crippen LogP contribution in [0.25, 0.3) is 11.1 Å². The van der Waals surface area contributed by atoms with Crippen LogP contribution in [-0.4, -0.2) is 34.7 Å². The number of carbonyl (C=O) groups excluding carboxylic acids is 1. The molecule has 0 fully saturated rings. The Kier molecular flexibility index (Phi) is 9.74. The molecule has 5 rings (SSSR count). The maximum Gasteiger partial charge on any atom is 0.254 e. The number of benzene rings is 3. The van der Waals surface area contributed by atoms with E-state index >= 15 is 0 Å². The van der Waals surface area contributed by atoms with Gasteiger partial charge in [-0.05, 0) is 76.9 Å². The molecule has 1 amide bonds. The summed E-state index contributed by atoms with van der Waals surface area (Å²) in [5.41, 5.74) is 5.77. The Morgan fingerprint density at radius 3 is 2.27 bits per heavy atom. The lowest BCUT2D eigenvalue weighted by atomic mass is 9.99. The molecular formula is C33H31F2N3O2. The average Bonchev–Trinajstić information content (AvgIpc) is 3.55. The Hall–Kier alpha value is -4.38. The van der Waals surface area contributed by atoms with E-state index < -0.39 is 29.7 Å². The Morgan fingerprint density at radius 2 is 1.65 bits per heavy atom. The summed E-state index contributed by atoms with van der Waals surface area (Å²) in [5.74, 6) is 0.367. The quantitative estimate of drug-likeness (QED) is 0.217. The van der Waals surface area contributed by atoms with E-state index in [9.17, 15) is 18.7 Å². The largest absolute Gasteiger partial charge is 0.390 e. The molecule has 7 heteroatoms. The van der Waals surface area contributed by atoms with Crippen molar-refractivity contribution >= 4 is 5.91 Å². The molecule has 2 aliphatic carbocycles. The number of aliphatic hydroxyl groups excluding tert-OH is 1.